The summed E-state index contributed by atoms with van der Waals surface area (Å²) < 4.78 is 0. The van der Waals surface area contributed by atoms with Crippen molar-refractivity contribution in [2.45, 2.75) is 44.9 Å². The van der Waals surface area contributed by atoms with Crippen LogP contribution in [0.1, 0.15) is 60.9 Å². The van der Waals surface area contributed by atoms with Gasteiger partial charge in [-0.2, -0.15) is 0 Å². The number of allylic oxidation sites excluding steroid dienone is 1. The molecule has 0 saturated heterocycles. The maximum atomic E-state index is 10.6. The van der Waals surface area contributed by atoms with Gasteiger partial charge < -0.3 is 0 Å². The zero-order valence-electron chi connectivity index (χ0n) is 10.3. The lowest BCUT2D eigenvalue weighted by Gasteiger charge is -2.12. The van der Waals surface area contributed by atoms with Gasteiger partial charge in [0.05, 0.1) is 0 Å². The molecule has 1 aromatic rings. The van der Waals surface area contributed by atoms with Crippen molar-refractivity contribution in [1.82, 2.24) is 0 Å². The first-order valence-electron chi connectivity index (χ1n) is 6.63. The van der Waals surface area contributed by atoms with E-state index < -0.39 is 0 Å². The standard InChI is InChI=1S/C16H20O/c17-13-16-10-8-15(9-11-16)12-14-6-4-2-1-3-5-7-14/h8-13H,1-7H2. The van der Waals surface area contributed by atoms with E-state index in [-0.39, 0.29) is 0 Å². The van der Waals surface area contributed by atoms with Crippen LogP contribution in [0.15, 0.2) is 29.8 Å². The lowest BCUT2D eigenvalue weighted by atomic mass is 9.94. The minimum Gasteiger partial charge on any atom is -0.298 e. The number of hydrogen-bond acceptors (Lipinski definition) is 1. The van der Waals surface area contributed by atoms with Crippen molar-refractivity contribution >= 4 is 12.4 Å². The molecule has 0 aliphatic heterocycles. The molecule has 0 atom stereocenters. The Morgan fingerprint density at radius 3 is 1.88 bits per heavy atom. The highest BCUT2D eigenvalue weighted by Crippen LogP contribution is 2.23. The molecular weight excluding hydrogens is 208 g/mol. The Morgan fingerprint density at radius 2 is 1.29 bits per heavy atom. The molecule has 0 radical (unpaired) electrons. The van der Waals surface area contributed by atoms with Gasteiger partial charge in [-0.15, -0.1) is 0 Å². The van der Waals surface area contributed by atoms with Crippen molar-refractivity contribution < 1.29 is 4.79 Å². The van der Waals surface area contributed by atoms with Crippen molar-refractivity contribution in [2.24, 2.45) is 0 Å². The number of carbonyl (C=O) groups excluding carboxylic acids is 1. The summed E-state index contributed by atoms with van der Waals surface area (Å²) in [5.74, 6) is 0. The van der Waals surface area contributed by atoms with Gasteiger partial charge in [0.25, 0.3) is 0 Å². The third-order valence-corrected chi connectivity index (χ3v) is 3.44. The molecule has 90 valence electrons. The fraction of sp³-hybridized carbons (Fsp3) is 0.438. The monoisotopic (exact) mass is 228 g/mol. The molecule has 0 unspecified atom stereocenters. The summed E-state index contributed by atoms with van der Waals surface area (Å²) in [4.78, 5) is 10.6. The van der Waals surface area contributed by atoms with E-state index in [1.807, 2.05) is 24.3 Å². The number of benzene rings is 1. The second-order valence-electron chi connectivity index (χ2n) is 4.85. The molecule has 1 fully saturated rings. The first-order chi connectivity index (χ1) is 8.38. The Hall–Kier alpha value is -1.37. The third-order valence-electron chi connectivity index (χ3n) is 3.44. The highest BCUT2D eigenvalue weighted by atomic mass is 16.1. The van der Waals surface area contributed by atoms with Gasteiger partial charge in [0.2, 0.25) is 0 Å². The maximum absolute atomic E-state index is 10.6. The summed E-state index contributed by atoms with van der Waals surface area (Å²) >= 11 is 0. The topological polar surface area (TPSA) is 17.1 Å². The van der Waals surface area contributed by atoms with Crippen LogP contribution in [0.25, 0.3) is 6.08 Å². The van der Waals surface area contributed by atoms with Crippen LogP contribution in [-0.2, 0) is 0 Å². The molecule has 1 heteroatoms. The van der Waals surface area contributed by atoms with Crippen molar-refractivity contribution in [3.8, 4) is 0 Å². The Balaban J connectivity index is 2.06. The predicted molar refractivity (Wildman–Crippen MR) is 72.1 cm³/mol. The van der Waals surface area contributed by atoms with E-state index in [0.717, 1.165) is 11.8 Å². The van der Waals surface area contributed by atoms with E-state index in [9.17, 15) is 4.79 Å². The SMILES string of the molecule is O=Cc1ccc(C=C2CCCCCCC2)cc1. The van der Waals surface area contributed by atoms with Crippen LogP contribution in [0.5, 0.6) is 0 Å². The van der Waals surface area contributed by atoms with Crippen molar-refractivity contribution in [3.63, 3.8) is 0 Å². The number of carbonyl (C=O) groups is 1. The third kappa shape index (κ3) is 3.85. The van der Waals surface area contributed by atoms with E-state index in [2.05, 4.69) is 6.08 Å². The highest BCUT2D eigenvalue weighted by molar-refractivity contribution is 5.75. The van der Waals surface area contributed by atoms with Crippen LogP contribution in [0.2, 0.25) is 0 Å². The van der Waals surface area contributed by atoms with Crippen LogP contribution in [-0.4, -0.2) is 6.29 Å². The molecule has 0 spiro atoms. The predicted octanol–water partition coefficient (Wildman–Crippen LogP) is 4.63. The van der Waals surface area contributed by atoms with Crippen LogP contribution in [0, 0.1) is 0 Å². The molecule has 1 saturated carbocycles. The summed E-state index contributed by atoms with van der Waals surface area (Å²) in [5, 5.41) is 0. The molecule has 0 bridgehead atoms. The zero-order valence-corrected chi connectivity index (χ0v) is 10.3. The van der Waals surface area contributed by atoms with Gasteiger partial charge in [-0.1, -0.05) is 55.2 Å². The fourth-order valence-electron chi connectivity index (χ4n) is 2.41. The molecule has 1 nitrogen and oxygen atoms in total. The summed E-state index contributed by atoms with van der Waals surface area (Å²) in [6.07, 6.45) is 12.5. The molecule has 17 heavy (non-hydrogen) atoms. The van der Waals surface area contributed by atoms with E-state index in [1.54, 1.807) is 5.57 Å². The van der Waals surface area contributed by atoms with Gasteiger partial charge in [-0.3, -0.25) is 4.79 Å². The first kappa shape index (κ1) is 12.1. The molecule has 1 aliphatic rings. The minimum absolute atomic E-state index is 0.754. The average Bonchev–Trinajstić information content (AvgIpc) is 2.33. The van der Waals surface area contributed by atoms with Gasteiger partial charge in [0.1, 0.15) is 6.29 Å². The van der Waals surface area contributed by atoms with E-state index in [0.29, 0.717) is 0 Å². The van der Waals surface area contributed by atoms with Gasteiger partial charge in [-0.25, -0.2) is 0 Å². The zero-order chi connectivity index (χ0) is 11.9. The molecule has 1 aliphatic carbocycles. The summed E-state index contributed by atoms with van der Waals surface area (Å²) in [6.45, 7) is 0. The summed E-state index contributed by atoms with van der Waals surface area (Å²) in [7, 11) is 0. The van der Waals surface area contributed by atoms with Crippen LogP contribution < -0.4 is 0 Å². The molecule has 2 rings (SSSR count). The molecule has 0 amide bonds. The number of hydrogen-bond donors (Lipinski definition) is 0. The van der Waals surface area contributed by atoms with Crippen LogP contribution in [0.3, 0.4) is 0 Å². The lowest BCUT2D eigenvalue weighted by Crippen LogP contribution is -1.92. The fourth-order valence-corrected chi connectivity index (χ4v) is 2.41. The number of rotatable bonds is 2. The molecular formula is C16H20O. The Morgan fingerprint density at radius 1 is 0.765 bits per heavy atom. The average molecular weight is 228 g/mol. The van der Waals surface area contributed by atoms with Gasteiger partial charge >= 0.3 is 0 Å². The Kier molecular flexibility index (Phi) is 4.54. The number of aldehydes is 1. The normalized spacial score (nSPS) is 17.1. The van der Waals surface area contributed by atoms with Crippen molar-refractivity contribution in [2.75, 3.05) is 0 Å². The van der Waals surface area contributed by atoms with Crippen molar-refractivity contribution in [1.29, 1.82) is 0 Å². The lowest BCUT2D eigenvalue weighted by molar-refractivity contribution is 0.112. The van der Waals surface area contributed by atoms with Crippen LogP contribution in [0.4, 0.5) is 0 Å². The van der Waals surface area contributed by atoms with Crippen LogP contribution >= 0.6 is 0 Å². The molecule has 0 N–H and O–H groups in total. The first-order valence-corrected chi connectivity index (χ1v) is 6.63. The van der Waals surface area contributed by atoms with Gasteiger partial charge in [0.15, 0.2) is 0 Å². The largest absolute Gasteiger partial charge is 0.298 e. The second-order valence-corrected chi connectivity index (χ2v) is 4.85. The smallest absolute Gasteiger partial charge is 0.150 e. The van der Waals surface area contributed by atoms with Gasteiger partial charge in [0, 0.05) is 5.56 Å². The maximum Gasteiger partial charge on any atom is 0.150 e. The summed E-state index contributed by atoms with van der Waals surface area (Å²) in [5.41, 5.74) is 3.56. The Bertz CT molecular complexity index is 376. The van der Waals surface area contributed by atoms with E-state index in [1.165, 1.54) is 50.5 Å². The molecule has 1 aromatic carbocycles. The van der Waals surface area contributed by atoms with E-state index >= 15 is 0 Å². The minimum atomic E-state index is 0.754. The van der Waals surface area contributed by atoms with Crippen molar-refractivity contribution in [3.05, 3.63) is 41.0 Å². The Labute approximate surface area is 104 Å². The second kappa shape index (κ2) is 6.39. The molecule has 0 heterocycles. The highest BCUT2D eigenvalue weighted by Gasteiger charge is 2.03. The molecule has 0 aromatic heterocycles. The summed E-state index contributed by atoms with van der Waals surface area (Å²) in [6, 6.07) is 7.86. The van der Waals surface area contributed by atoms with E-state index in [4.69, 9.17) is 0 Å². The van der Waals surface area contributed by atoms with Gasteiger partial charge in [-0.05, 0) is 31.2 Å². The quantitative estimate of drug-likeness (QED) is 0.675.